The first-order valence-corrected chi connectivity index (χ1v) is 6.97. The van der Waals surface area contributed by atoms with Gasteiger partial charge in [-0.15, -0.1) is 0 Å². The van der Waals surface area contributed by atoms with Crippen molar-refractivity contribution in [3.63, 3.8) is 0 Å². The van der Waals surface area contributed by atoms with Crippen LogP contribution in [-0.4, -0.2) is 21.7 Å². The van der Waals surface area contributed by atoms with E-state index in [0.717, 1.165) is 0 Å². The van der Waals surface area contributed by atoms with Gasteiger partial charge in [-0.2, -0.15) is 0 Å². The van der Waals surface area contributed by atoms with Crippen LogP contribution >= 0.6 is 0 Å². The van der Waals surface area contributed by atoms with E-state index >= 15 is 0 Å². The molecule has 0 bridgehead atoms. The van der Waals surface area contributed by atoms with Crippen LogP contribution in [0, 0.1) is 0 Å². The SMILES string of the molecule is CC(=O)c1ccc2nc(NC(=O)c3ccc(N)cc3)cnc2c1. The molecular formula is C17H14N4O2. The van der Waals surface area contributed by atoms with Crippen LogP contribution in [0.4, 0.5) is 11.5 Å². The molecule has 0 aliphatic heterocycles. The number of fused-ring (bicyclic) bond motifs is 1. The van der Waals surface area contributed by atoms with Gasteiger partial charge in [-0.3, -0.25) is 14.6 Å². The van der Waals surface area contributed by atoms with Gasteiger partial charge in [-0.25, -0.2) is 4.98 Å². The van der Waals surface area contributed by atoms with Crippen molar-refractivity contribution >= 4 is 34.2 Å². The number of benzene rings is 2. The molecule has 1 amide bonds. The summed E-state index contributed by atoms with van der Waals surface area (Å²) in [7, 11) is 0. The number of hydrogen-bond acceptors (Lipinski definition) is 5. The highest BCUT2D eigenvalue weighted by Crippen LogP contribution is 2.15. The molecule has 6 heteroatoms. The summed E-state index contributed by atoms with van der Waals surface area (Å²) in [6, 6.07) is 11.7. The number of Topliss-reactive ketones (excluding diaryl/α,β-unsaturated/α-hetero) is 1. The standard InChI is InChI=1S/C17H14N4O2/c1-10(22)12-4-7-14-15(8-12)19-9-16(20-14)21-17(23)11-2-5-13(18)6-3-11/h2-9H,18H2,1H3,(H,20,21,23). The molecule has 0 aliphatic carbocycles. The maximum Gasteiger partial charge on any atom is 0.256 e. The second-order valence-electron chi connectivity index (χ2n) is 5.09. The molecule has 3 rings (SSSR count). The van der Waals surface area contributed by atoms with Gasteiger partial charge in [0.1, 0.15) is 0 Å². The molecule has 0 radical (unpaired) electrons. The molecule has 3 aromatic rings. The quantitative estimate of drug-likeness (QED) is 0.572. The number of nitrogen functional groups attached to an aromatic ring is 1. The van der Waals surface area contributed by atoms with E-state index in [-0.39, 0.29) is 11.7 Å². The minimum atomic E-state index is -0.293. The van der Waals surface area contributed by atoms with E-state index in [4.69, 9.17) is 5.73 Å². The number of rotatable bonds is 3. The summed E-state index contributed by atoms with van der Waals surface area (Å²) in [6.07, 6.45) is 1.46. The third-order valence-electron chi connectivity index (χ3n) is 3.36. The zero-order valence-corrected chi connectivity index (χ0v) is 12.4. The molecule has 0 fully saturated rings. The molecule has 6 nitrogen and oxygen atoms in total. The van der Waals surface area contributed by atoms with Gasteiger partial charge in [0, 0.05) is 16.8 Å². The normalized spacial score (nSPS) is 10.5. The summed E-state index contributed by atoms with van der Waals surface area (Å²) in [5, 5.41) is 2.69. The number of anilines is 2. The van der Waals surface area contributed by atoms with Crippen LogP contribution in [0.15, 0.2) is 48.7 Å². The van der Waals surface area contributed by atoms with Gasteiger partial charge >= 0.3 is 0 Å². The van der Waals surface area contributed by atoms with Crippen molar-refractivity contribution in [2.24, 2.45) is 0 Å². The highest BCUT2D eigenvalue weighted by molar-refractivity contribution is 6.04. The molecule has 1 aromatic heterocycles. The number of hydrogen-bond donors (Lipinski definition) is 2. The largest absolute Gasteiger partial charge is 0.399 e. The summed E-state index contributed by atoms with van der Waals surface area (Å²) in [6.45, 7) is 1.50. The lowest BCUT2D eigenvalue weighted by Gasteiger charge is -2.06. The van der Waals surface area contributed by atoms with Gasteiger partial charge in [-0.1, -0.05) is 0 Å². The molecule has 0 spiro atoms. The molecule has 0 aliphatic rings. The average molecular weight is 306 g/mol. The lowest BCUT2D eigenvalue weighted by Crippen LogP contribution is -2.13. The molecular weight excluding hydrogens is 292 g/mol. The van der Waals surface area contributed by atoms with Gasteiger partial charge in [0.15, 0.2) is 11.6 Å². The smallest absolute Gasteiger partial charge is 0.256 e. The molecule has 0 atom stereocenters. The van der Waals surface area contributed by atoms with Crippen LogP contribution in [-0.2, 0) is 0 Å². The van der Waals surface area contributed by atoms with Crippen LogP contribution in [0.3, 0.4) is 0 Å². The van der Waals surface area contributed by atoms with Crippen molar-refractivity contribution in [2.75, 3.05) is 11.1 Å². The molecule has 0 unspecified atom stereocenters. The van der Waals surface area contributed by atoms with E-state index < -0.39 is 0 Å². The Labute approximate surface area is 132 Å². The Kier molecular flexibility index (Phi) is 3.72. The van der Waals surface area contributed by atoms with Crippen molar-refractivity contribution in [3.05, 3.63) is 59.8 Å². The van der Waals surface area contributed by atoms with Gasteiger partial charge in [0.05, 0.1) is 17.2 Å². The lowest BCUT2D eigenvalue weighted by molar-refractivity contribution is 0.101. The zero-order chi connectivity index (χ0) is 16.4. The Morgan fingerprint density at radius 2 is 1.70 bits per heavy atom. The summed E-state index contributed by atoms with van der Waals surface area (Å²) < 4.78 is 0. The molecule has 1 heterocycles. The van der Waals surface area contributed by atoms with Gasteiger partial charge in [0.2, 0.25) is 0 Å². The molecule has 23 heavy (non-hydrogen) atoms. The Hall–Kier alpha value is -3.28. The van der Waals surface area contributed by atoms with Crippen LogP contribution in [0.5, 0.6) is 0 Å². The maximum absolute atomic E-state index is 12.1. The number of carbonyl (C=O) groups excluding carboxylic acids is 2. The number of aromatic nitrogens is 2. The Morgan fingerprint density at radius 1 is 1.00 bits per heavy atom. The summed E-state index contributed by atoms with van der Waals surface area (Å²) >= 11 is 0. The van der Waals surface area contributed by atoms with E-state index in [0.29, 0.717) is 33.7 Å². The fourth-order valence-electron chi connectivity index (χ4n) is 2.11. The predicted molar refractivity (Wildman–Crippen MR) is 88.4 cm³/mol. The molecule has 0 saturated carbocycles. The number of amides is 1. The van der Waals surface area contributed by atoms with E-state index in [1.165, 1.54) is 13.1 Å². The van der Waals surface area contributed by atoms with Crippen molar-refractivity contribution in [1.29, 1.82) is 0 Å². The van der Waals surface area contributed by atoms with Crippen LogP contribution in [0.2, 0.25) is 0 Å². The fourth-order valence-corrected chi connectivity index (χ4v) is 2.11. The number of ketones is 1. The van der Waals surface area contributed by atoms with E-state index in [1.54, 1.807) is 42.5 Å². The minimum absolute atomic E-state index is 0.0329. The second-order valence-corrected chi connectivity index (χ2v) is 5.09. The summed E-state index contributed by atoms with van der Waals surface area (Å²) in [5.74, 6) is 0.0170. The topological polar surface area (TPSA) is 98.0 Å². The first kappa shape index (κ1) is 14.6. The van der Waals surface area contributed by atoms with Gasteiger partial charge < -0.3 is 11.1 Å². The first-order valence-electron chi connectivity index (χ1n) is 6.97. The Bertz CT molecular complexity index is 904. The number of nitrogens with two attached hydrogens (primary N) is 1. The van der Waals surface area contributed by atoms with E-state index in [9.17, 15) is 9.59 Å². The third-order valence-corrected chi connectivity index (χ3v) is 3.36. The highest BCUT2D eigenvalue weighted by Gasteiger charge is 2.08. The van der Waals surface area contributed by atoms with Crippen molar-refractivity contribution in [2.45, 2.75) is 6.92 Å². The summed E-state index contributed by atoms with van der Waals surface area (Å²) in [5.41, 5.74) is 8.44. The van der Waals surface area contributed by atoms with Crippen LogP contribution in [0.25, 0.3) is 11.0 Å². The van der Waals surface area contributed by atoms with Crippen molar-refractivity contribution < 1.29 is 9.59 Å². The van der Waals surface area contributed by atoms with Crippen molar-refractivity contribution in [3.8, 4) is 0 Å². The second kappa shape index (κ2) is 5.84. The number of nitrogens with one attached hydrogen (secondary N) is 1. The Balaban J connectivity index is 1.86. The van der Waals surface area contributed by atoms with E-state index in [2.05, 4.69) is 15.3 Å². The van der Waals surface area contributed by atoms with Gasteiger partial charge in [0.25, 0.3) is 5.91 Å². The molecule has 0 saturated heterocycles. The molecule has 3 N–H and O–H groups in total. The third kappa shape index (κ3) is 3.16. The molecule has 2 aromatic carbocycles. The zero-order valence-electron chi connectivity index (χ0n) is 12.4. The average Bonchev–Trinajstić information content (AvgIpc) is 2.54. The number of nitrogens with zero attached hydrogens (tertiary/aromatic N) is 2. The first-order chi connectivity index (χ1) is 11.0. The fraction of sp³-hybridized carbons (Fsp3) is 0.0588. The minimum Gasteiger partial charge on any atom is -0.399 e. The summed E-state index contributed by atoms with van der Waals surface area (Å²) in [4.78, 5) is 32.1. The van der Waals surface area contributed by atoms with E-state index in [1.807, 2.05) is 0 Å². The van der Waals surface area contributed by atoms with Gasteiger partial charge in [-0.05, 0) is 49.4 Å². The maximum atomic E-state index is 12.1. The van der Waals surface area contributed by atoms with Crippen LogP contribution in [0.1, 0.15) is 27.6 Å². The van der Waals surface area contributed by atoms with Crippen molar-refractivity contribution in [1.82, 2.24) is 9.97 Å². The Morgan fingerprint density at radius 3 is 2.39 bits per heavy atom. The number of carbonyl (C=O) groups is 2. The molecule has 114 valence electrons. The highest BCUT2D eigenvalue weighted by atomic mass is 16.1. The monoisotopic (exact) mass is 306 g/mol. The lowest BCUT2D eigenvalue weighted by atomic mass is 10.1. The van der Waals surface area contributed by atoms with Crippen LogP contribution < -0.4 is 11.1 Å². The predicted octanol–water partition coefficient (Wildman–Crippen LogP) is 2.67.